The molecule has 3 aromatic carbocycles. The maximum atomic E-state index is 13.4. The molecule has 0 unspecified atom stereocenters. The number of ether oxygens (including phenoxy) is 1. The molecule has 0 radical (unpaired) electrons. The number of primary sulfonamides is 1. The molecule has 1 aromatic heterocycles. The largest absolute Gasteiger partial charge is 0.504 e. The van der Waals surface area contributed by atoms with Crippen LogP contribution in [0.2, 0.25) is 0 Å². The highest BCUT2D eigenvalue weighted by Crippen LogP contribution is 2.39. The first-order valence-electron chi connectivity index (χ1n) is 8.86. The lowest BCUT2D eigenvalue weighted by Crippen LogP contribution is -2.11. The van der Waals surface area contributed by atoms with Crippen molar-refractivity contribution in [3.63, 3.8) is 0 Å². The number of hydrogen-bond donors (Lipinski definition) is 2. The molecule has 30 heavy (non-hydrogen) atoms. The van der Waals surface area contributed by atoms with Crippen molar-refractivity contribution in [3.05, 3.63) is 77.0 Å². The van der Waals surface area contributed by atoms with Crippen molar-refractivity contribution < 1.29 is 18.3 Å². The summed E-state index contributed by atoms with van der Waals surface area (Å²) in [5.74, 6) is 0.220. The Hall–Kier alpha value is -3.20. The van der Waals surface area contributed by atoms with E-state index in [4.69, 9.17) is 9.88 Å². The van der Waals surface area contributed by atoms with E-state index in [-0.39, 0.29) is 21.8 Å². The highest BCUT2D eigenvalue weighted by atomic mass is 32.2. The molecule has 8 heteroatoms. The first kappa shape index (κ1) is 20.1. The molecule has 0 bridgehead atoms. The molecule has 152 valence electrons. The third-order valence-corrected chi connectivity index (χ3v) is 6.86. The molecule has 1 heterocycles. The summed E-state index contributed by atoms with van der Waals surface area (Å²) in [5.41, 5.74) is 1.54. The Morgan fingerprint density at radius 1 is 0.967 bits per heavy atom. The summed E-state index contributed by atoms with van der Waals surface area (Å²) in [5, 5.41) is 15.7. The van der Waals surface area contributed by atoms with E-state index < -0.39 is 10.0 Å². The minimum Gasteiger partial charge on any atom is -0.504 e. The molecule has 0 atom stereocenters. The van der Waals surface area contributed by atoms with Gasteiger partial charge in [0, 0.05) is 20.5 Å². The maximum absolute atomic E-state index is 13.4. The average Bonchev–Trinajstić information content (AvgIpc) is 2.74. The number of phenols is 1. The van der Waals surface area contributed by atoms with E-state index in [1.807, 2.05) is 12.1 Å². The zero-order valence-corrected chi connectivity index (χ0v) is 17.5. The van der Waals surface area contributed by atoms with Crippen LogP contribution in [0.1, 0.15) is 0 Å². The van der Waals surface area contributed by atoms with E-state index in [0.717, 1.165) is 4.70 Å². The second-order valence-electron chi connectivity index (χ2n) is 6.59. The maximum Gasteiger partial charge on any atom is 0.238 e. The van der Waals surface area contributed by atoms with Crippen LogP contribution in [-0.2, 0) is 10.0 Å². The zero-order valence-electron chi connectivity index (χ0n) is 15.8. The second-order valence-corrected chi connectivity index (χ2v) is 9.20. The van der Waals surface area contributed by atoms with Crippen LogP contribution in [0.25, 0.3) is 31.7 Å². The fraction of sp³-hybridized carbons (Fsp3) is 0.0455. The third kappa shape index (κ3) is 3.56. The molecule has 0 fully saturated rings. The number of rotatable bonds is 4. The summed E-state index contributed by atoms with van der Waals surface area (Å²) in [7, 11) is -2.39. The second kappa shape index (κ2) is 7.56. The van der Waals surface area contributed by atoms with Crippen molar-refractivity contribution in [3.8, 4) is 33.1 Å². The summed E-state index contributed by atoms with van der Waals surface area (Å²) in [6.45, 7) is 0. The van der Waals surface area contributed by atoms with Crippen LogP contribution in [0.4, 0.5) is 0 Å². The van der Waals surface area contributed by atoms with Gasteiger partial charge in [0.15, 0.2) is 16.9 Å². The molecule has 0 aliphatic heterocycles. The minimum atomic E-state index is -3.82. The quantitative estimate of drug-likeness (QED) is 0.501. The zero-order chi connectivity index (χ0) is 21.5. The SMILES string of the molecule is COc1cc(-c2c(-c3ccc(S(N)(=O)=O)cc3)sc3ccccc3c2=O)ccc1O. The summed E-state index contributed by atoms with van der Waals surface area (Å²) < 4.78 is 29.2. The number of aromatic hydroxyl groups is 1. The summed E-state index contributed by atoms with van der Waals surface area (Å²) >= 11 is 1.42. The van der Waals surface area contributed by atoms with Gasteiger partial charge in [-0.05, 0) is 47.5 Å². The Bertz CT molecular complexity index is 1420. The number of methoxy groups -OCH3 is 1. The van der Waals surface area contributed by atoms with E-state index in [2.05, 4.69) is 0 Å². The van der Waals surface area contributed by atoms with Crippen molar-refractivity contribution in [2.75, 3.05) is 7.11 Å². The average molecular weight is 440 g/mol. The number of fused-ring (bicyclic) bond motifs is 1. The smallest absolute Gasteiger partial charge is 0.238 e. The van der Waals surface area contributed by atoms with E-state index in [1.54, 1.807) is 36.4 Å². The highest BCUT2D eigenvalue weighted by molar-refractivity contribution is 7.89. The fourth-order valence-electron chi connectivity index (χ4n) is 3.24. The third-order valence-electron chi connectivity index (χ3n) is 4.71. The van der Waals surface area contributed by atoms with Crippen LogP contribution < -0.4 is 15.3 Å². The Balaban J connectivity index is 2.04. The molecular formula is C22H17NO5S2. The van der Waals surface area contributed by atoms with Crippen molar-refractivity contribution in [1.29, 1.82) is 0 Å². The monoisotopic (exact) mass is 439 g/mol. The van der Waals surface area contributed by atoms with Gasteiger partial charge in [-0.3, -0.25) is 4.79 Å². The van der Waals surface area contributed by atoms with Crippen LogP contribution >= 0.6 is 11.3 Å². The standard InChI is InChI=1S/C22H17NO5S2/c1-28-18-12-14(8-11-17(18)24)20-21(25)16-4-2-3-5-19(16)29-22(20)13-6-9-15(10-7-13)30(23,26)27/h2-12,24H,1H3,(H2,23,26,27). The van der Waals surface area contributed by atoms with E-state index in [9.17, 15) is 18.3 Å². The molecule has 0 amide bonds. The van der Waals surface area contributed by atoms with Gasteiger partial charge >= 0.3 is 0 Å². The van der Waals surface area contributed by atoms with Crippen LogP contribution in [0.3, 0.4) is 0 Å². The predicted octanol–water partition coefficient (Wildman–Crippen LogP) is 3.96. The van der Waals surface area contributed by atoms with Gasteiger partial charge < -0.3 is 9.84 Å². The number of nitrogens with two attached hydrogens (primary N) is 1. The number of hydrogen-bond acceptors (Lipinski definition) is 6. The lowest BCUT2D eigenvalue weighted by atomic mass is 10.00. The molecule has 0 aliphatic rings. The molecule has 0 spiro atoms. The molecule has 0 aliphatic carbocycles. The first-order chi connectivity index (χ1) is 14.3. The summed E-state index contributed by atoms with van der Waals surface area (Å²) in [4.78, 5) is 14.1. The van der Waals surface area contributed by atoms with Crippen molar-refractivity contribution in [1.82, 2.24) is 0 Å². The molecule has 0 saturated heterocycles. The van der Waals surface area contributed by atoms with Crippen molar-refractivity contribution in [2.24, 2.45) is 5.14 Å². The van der Waals surface area contributed by atoms with Gasteiger partial charge in [0.1, 0.15) is 0 Å². The molecule has 3 N–H and O–H groups in total. The van der Waals surface area contributed by atoms with E-state index >= 15 is 0 Å². The number of benzene rings is 3. The van der Waals surface area contributed by atoms with Crippen LogP contribution in [0.5, 0.6) is 11.5 Å². The van der Waals surface area contributed by atoms with Crippen LogP contribution in [0, 0.1) is 0 Å². The fourth-order valence-corrected chi connectivity index (χ4v) is 4.96. The molecule has 6 nitrogen and oxygen atoms in total. The predicted molar refractivity (Wildman–Crippen MR) is 119 cm³/mol. The summed E-state index contributed by atoms with van der Waals surface area (Å²) in [6.07, 6.45) is 0. The topological polar surface area (TPSA) is 107 Å². The van der Waals surface area contributed by atoms with Crippen molar-refractivity contribution >= 4 is 31.4 Å². The van der Waals surface area contributed by atoms with Crippen molar-refractivity contribution in [2.45, 2.75) is 4.90 Å². The van der Waals surface area contributed by atoms with Gasteiger partial charge in [-0.2, -0.15) is 0 Å². The Morgan fingerprint density at radius 2 is 1.63 bits per heavy atom. The summed E-state index contributed by atoms with van der Waals surface area (Å²) in [6, 6.07) is 18.1. The molecule has 4 rings (SSSR count). The molecule has 0 saturated carbocycles. The Morgan fingerprint density at radius 3 is 2.30 bits per heavy atom. The lowest BCUT2D eigenvalue weighted by molar-refractivity contribution is 0.373. The molecule has 4 aromatic rings. The van der Waals surface area contributed by atoms with Crippen LogP contribution in [0.15, 0.2) is 76.4 Å². The van der Waals surface area contributed by atoms with Gasteiger partial charge in [0.05, 0.1) is 12.0 Å². The normalized spacial score (nSPS) is 11.5. The Labute approximate surface area is 176 Å². The first-order valence-corrected chi connectivity index (χ1v) is 11.2. The number of phenolic OH excluding ortho intramolecular Hbond substituents is 1. The number of sulfonamides is 1. The Kier molecular flexibility index (Phi) is 5.07. The lowest BCUT2D eigenvalue weighted by Gasteiger charge is -2.13. The van der Waals surface area contributed by atoms with E-state index in [1.165, 1.54) is 36.6 Å². The van der Waals surface area contributed by atoms with Gasteiger partial charge in [0.25, 0.3) is 0 Å². The van der Waals surface area contributed by atoms with E-state index in [0.29, 0.717) is 27.0 Å². The van der Waals surface area contributed by atoms with Gasteiger partial charge in [-0.15, -0.1) is 11.3 Å². The van der Waals surface area contributed by atoms with Gasteiger partial charge in [-0.25, -0.2) is 13.6 Å². The van der Waals surface area contributed by atoms with Gasteiger partial charge in [-0.1, -0.05) is 30.3 Å². The highest BCUT2D eigenvalue weighted by Gasteiger charge is 2.18. The van der Waals surface area contributed by atoms with Gasteiger partial charge in [0.2, 0.25) is 10.0 Å². The molecular weight excluding hydrogens is 422 g/mol. The minimum absolute atomic E-state index is 0.00719. The van der Waals surface area contributed by atoms with Crippen LogP contribution in [-0.4, -0.2) is 20.6 Å².